The summed E-state index contributed by atoms with van der Waals surface area (Å²) in [6.07, 6.45) is 0.835. The first kappa shape index (κ1) is 24.0. The molecule has 3 aromatic carbocycles. The molecule has 0 bridgehead atoms. The molecular formula is C27H31N3O3. The van der Waals surface area contributed by atoms with Gasteiger partial charge in [0, 0.05) is 31.8 Å². The van der Waals surface area contributed by atoms with E-state index in [9.17, 15) is 14.7 Å². The Kier molecular flexibility index (Phi) is 8.61. The van der Waals surface area contributed by atoms with E-state index >= 15 is 0 Å². The van der Waals surface area contributed by atoms with Gasteiger partial charge in [-0.15, -0.1) is 0 Å². The van der Waals surface area contributed by atoms with Crippen molar-refractivity contribution in [2.24, 2.45) is 0 Å². The van der Waals surface area contributed by atoms with E-state index in [2.05, 4.69) is 10.6 Å². The molecule has 2 atom stereocenters. The fourth-order valence-electron chi connectivity index (χ4n) is 3.57. The highest BCUT2D eigenvalue weighted by Crippen LogP contribution is 2.14. The standard InChI is InChI=1S/C27H31N3O3/c1-30(2)24-15-13-21(14-16-24)18-25(29-26(32)22-11-7-4-8-12-22)27(33)28-23(19-31)17-20-9-5-3-6-10-20/h3-16,23,25,31H,17-19H2,1-2H3,(H,28,33)(H,29,32)/t23-,25-/m0/s1. The van der Waals surface area contributed by atoms with Crippen LogP contribution in [0.4, 0.5) is 5.69 Å². The van der Waals surface area contributed by atoms with Gasteiger partial charge in [-0.1, -0.05) is 60.7 Å². The second-order valence-electron chi connectivity index (χ2n) is 8.23. The molecule has 0 unspecified atom stereocenters. The number of benzene rings is 3. The maximum absolute atomic E-state index is 13.2. The molecule has 0 aliphatic heterocycles. The van der Waals surface area contributed by atoms with Crippen LogP contribution in [0, 0.1) is 0 Å². The Morgan fingerprint density at radius 2 is 1.36 bits per heavy atom. The van der Waals surface area contributed by atoms with E-state index in [1.54, 1.807) is 24.3 Å². The predicted molar refractivity (Wildman–Crippen MR) is 131 cm³/mol. The van der Waals surface area contributed by atoms with Crippen LogP contribution < -0.4 is 15.5 Å². The summed E-state index contributed by atoms with van der Waals surface area (Å²) in [4.78, 5) is 28.0. The van der Waals surface area contributed by atoms with E-state index in [1.165, 1.54) is 0 Å². The minimum atomic E-state index is -0.785. The highest BCUT2D eigenvalue weighted by molar-refractivity contribution is 5.97. The molecule has 6 nitrogen and oxygen atoms in total. The summed E-state index contributed by atoms with van der Waals surface area (Å²) in [7, 11) is 3.93. The quantitative estimate of drug-likeness (QED) is 0.448. The SMILES string of the molecule is CN(C)c1ccc(C[C@H](NC(=O)c2ccccc2)C(=O)N[C@H](CO)Cc2ccccc2)cc1. The smallest absolute Gasteiger partial charge is 0.251 e. The van der Waals surface area contributed by atoms with Crippen LogP contribution in [0.1, 0.15) is 21.5 Å². The van der Waals surface area contributed by atoms with Gasteiger partial charge >= 0.3 is 0 Å². The van der Waals surface area contributed by atoms with E-state index in [-0.39, 0.29) is 18.4 Å². The molecule has 3 rings (SSSR count). The lowest BCUT2D eigenvalue weighted by Gasteiger charge is -2.23. The van der Waals surface area contributed by atoms with E-state index in [1.807, 2.05) is 79.7 Å². The Morgan fingerprint density at radius 3 is 1.94 bits per heavy atom. The van der Waals surface area contributed by atoms with Crippen LogP contribution in [0.25, 0.3) is 0 Å². The van der Waals surface area contributed by atoms with Crippen molar-refractivity contribution in [2.45, 2.75) is 24.9 Å². The van der Waals surface area contributed by atoms with Crippen molar-refractivity contribution in [3.8, 4) is 0 Å². The lowest BCUT2D eigenvalue weighted by molar-refractivity contribution is -0.124. The van der Waals surface area contributed by atoms with E-state index in [0.29, 0.717) is 18.4 Å². The van der Waals surface area contributed by atoms with Crippen molar-refractivity contribution in [3.63, 3.8) is 0 Å². The van der Waals surface area contributed by atoms with Gasteiger partial charge in [-0.2, -0.15) is 0 Å². The average molecular weight is 446 g/mol. The number of carbonyl (C=O) groups is 2. The number of nitrogens with zero attached hydrogens (tertiary/aromatic N) is 1. The molecule has 0 saturated carbocycles. The number of aliphatic hydroxyl groups excluding tert-OH is 1. The number of carbonyl (C=O) groups excluding carboxylic acids is 2. The molecule has 0 radical (unpaired) electrons. The van der Waals surface area contributed by atoms with Crippen LogP contribution in [0.2, 0.25) is 0 Å². The maximum atomic E-state index is 13.2. The van der Waals surface area contributed by atoms with Gasteiger partial charge in [-0.05, 0) is 41.8 Å². The fraction of sp³-hybridized carbons (Fsp3) is 0.259. The summed E-state index contributed by atoms with van der Waals surface area (Å²) in [6, 6.07) is 25.1. The zero-order chi connectivity index (χ0) is 23.6. The van der Waals surface area contributed by atoms with Crippen molar-refractivity contribution in [2.75, 3.05) is 25.6 Å². The molecule has 0 aromatic heterocycles. The highest BCUT2D eigenvalue weighted by Gasteiger charge is 2.24. The summed E-state index contributed by atoms with van der Waals surface area (Å²) in [5.74, 6) is -0.643. The zero-order valence-electron chi connectivity index (χ0n) is 19.1. The number of anilines is 1. The molecule has 172 valence electrons. The minimum absolute atomic E-state index is 0.197. The first-order valence-corrected chi connectivity index (χ1v) is 11.0. The summed E-state index contributed by atoms with van der Waals surface area (Å²) in [5.41, 5.74) is 3.48. The second kappa shape index (κ2) is 11.8. The molecule has 6 heteroatoms. The van der Waals surface area contributed by atoms with Crippen molar-refractivity contribution in [1.82, 2.24) is 10.6 Å². The van der Waals surface area contributed by atoms with Gasteiger partial charge in [-0.3, -0.25) is 9.59 Å². The number of nitrogens with one attached hydrogen (secondary N) is 2. The van der Waals surface area contributed by atoms with Gasteiger partial charge in [0.15, 0.2) is 0 Å². The molecule has 0 heterocycles. The third-order valence-corrected chi connectivity index (χ3v) is 5.44. The Bertz CT molecular complexity index is 1020. The Labute approximate surface area is 195 Å². The molecule has 2 amide bonds. The predicted octanol–water partition coefficient (Wildman–Crippen LogP) is 2.81. The Morgan fingerprint density at radius 1 is 0.788 bits per heavy atom. The molecule has 3 aromatic rings. The van der Waals surface area contributed by atoms with E-state index < -0.39 is 12.1 Å². The lowest BCUT2D eigenvalue weighted by Crippen LogP contribution is -2.52. The molecule has 0 spiro atoms. The van der Waals surface area contributed by atoms with Gasteiger partial charge in [0.05, 0.1) is 12.6 Å². The summed E-state index contributed by atoms with van der Waals surface area (Å²) in [5, 5.41) is 15.6. The number of aliphatic hydroxyl groups is 1. The van der Waals surface area contributed by atoms with Gasteiger partial charge in [0.2, 0.25) is 5.91 Å². The van der Waals surface area contributed by atoms with E-state index in [0.717, 1.165) is 16.8 Å². The third kappa shape index (κ3) is 7.19. The third-order valence-electron chi connectivity index (χ3n) is 5.44. The van der Waals surface area contributed by atoms with Crippen LogP contribution in [-0.2, 0) is 17.6 Å². The minimum Gasteiger partial charge on any atom is -0.394 e. The molecule has 33 heavy (non-hydrogen) atoms. The van der Waals surface area contributed by atoms with E-state index in [4.69, 9.17) is 0 Å². The average Bonchev–Trinajstić information content (AvgIpc) is 2.84. The van der Waals surface area contributed by atoms with Gasteiger partial charge in [0.1, 0.15) is 6.04 Å². The summed E-state index contributed by atoms with van der Waals surface area (Å²) < 4.78 is 0. The van der Waals surface area contributed by atoms with Crippen molar-refractivity contribution in [1.29, 1.82) is 0 Å². The number of rotatable bonds is 10. The molecule has 0 aliphatic carbocycles. The van der Waals surface area contributed by atoms with Crippen molar-refractivity contribution < 1.29 is 14.7 Å². The Hall–Kier alpha value is -3.64. The fourth-order valence-corrected chi connectivity index (χ4v) is 3.57. The number of amides is 2. The molecular weight excluding hydrogens is 414 g/mol. The summed E-state index contributed by atoms with van der Waals surface area (Å²) in [6.45, 7) is -0.197. The maximum Gasteiger partial charge on any atom is 0.251 e. The Balaban J connectivity index is 1.75. The van der Waals surface area contributed by atoms with Crippen molar-refractivity contribution in [3.05, 3.63) is 102 Å². The van der Waals surface area contributed by atoms with Crippen molar-refractivity contribution >= 4 is 17.5 Å². The van der Waals surface area contributed by atoms with Crippen LogP contribution >= 0.6 is 0 Å². The van der Waals surface area contributed by atoms with Gasteiger partial charge in [-0.25, -0.2) is 0 Å². The zero-order valence-corrected chi connectivity index (χ0v) is 19.1. The van der Waals surface area contributed by atoms with Crippen LogP contribution in [0.5, 0.6) is 0 Å². The van der Waals surface area contributed by atoms with Gasteiger partial charge < -0.3 is 20.6 Å². The normalized spacial score (nSPS) is 12.5. The molecule has 0 saturated heterocycles. The molecule has 3 N–H and O–H groups in total. The summed E-state index contributed by atoms with van der Waals surface area (Å²) >= 11 is 0. The number of hydrogen-bond acceptors (Lipinski definition) is 4. The first-order valence-electron chi connectivity index (χ1n) is 11.0. The molecule has 0 fully saturated rings. The van der Waals surface area contributed by atoms with Gasteiger partial charge in [0.25, 0.3) is 5.91 Å². The largest absolute Gasteiger partial charge is 0.394 e. The highest BCUT2D eigenvalue weighted by atomic mass is 16.3. The second-order valence-corrected chi connectivity index (χ2v) is 8.23. The monoisotopic (exact) mass is 445 g/mol. The topological polar surface area (TPSA) is 81.7 Å². The first-order chi connectivity index (χ1) is 16.0. The van der Waals surface area contributed by atoms with Crippen LogP contribution in [0.15, 0.2) is 84.9 Å². The number of hydrogen-bond donors (Lipinski definition) is 3. The van der Waals surface area contributed by atoms with Crippen LogP contribution in [-0.4, -0.2) is 49.7 Å². The lowest BCUT2D eigenvalue weighted by atomic mass is 10.0. The van der Waals surface area contributed by atoms with Crippen LogP contribution in [0.3, 0.4) is 0 Å². The molecule has 0 aliphatic rings.